The number of nitrogens with zero attached hydrogens (tertiary/aromatic N) is 1. The van der Waals surface area contributed by atoms with Crippen LogP contribution in [0.4, 0.5) is 16.2 Å². The van der Waals surface area contributed by atoms with Crippen LogP contribution < -0.4 is 10.6 Å². The van der Waals surface area contributed by atoms with Crippen molar-refractivity contribution in [3.8, 4) is 0 Å². The van der Waals surface area contributed by atoms with Crippen molar-refractivity contribution in [2.45, 2.75) is 20.4 Å². The molecule has 6 heteroatoms. The van der Waals surface area contributed by atoms with E-state index < -0.39 is 0 Å². The molecule has 0 heterocycles. The van der Waals surface area contributed by atoms with Gasteiger partial charge in [0.25, 0.3) is 0 Å². The first-order valence-electron chi connectivity index (χ1n) is 7.66. The average Bonchev–Trinajstić information content (AvgIpc) is 2.55. The third kappa shape index (κ3) is 4.99. The van der Waals surface area contributed by atoms with E-state index in [1.54, 1.807) is 23.1 Å². The van der Waals surface area contributed by atoms with Crippen molar-refractivity contribution in [2.75, 3.05) is 17.2 Å². The van der Waals surface area contributed by atoms with Gasteiger partial charge in [-0.05, 0) is 30.7 Å². The maximum absolute atomic E-state index is 12.4. The monoisotopic (exact) mass is 345 g/mol. The van der Waals surface area contributed by atoms with Crippen molar-refractivity contribution in [3.05, 3.63) is 59.1 Å². The molecule has 0 saturated carbocycles. The molecule has 5 nitrogen and oxygen atoms in total. The van der Waals surface area contributed by atoms with Crippen LogP contribution in [0.5, 0.6) is 0 Å². The van der Waals surface area contributed by atoms with Crippen molar-refractivity contribution in [2.24, 2.45) is 0 Å². The fraction of sp³-hybridized carbons (Fsp3) is 0.222. The minimum Gasteiger partial charge on any atom is -0.325 e. The van der Waals surface area contributed by atoms with Crippen LogP contribution in [-0.4, -0.2) is 23.4 Å². The molecule has 3 amide bonds. The van der Waals surface area contributed by atoms with E-state index in [9.17, 15) is 9.59 Å². The molecular weight excluding hydrogens is 326 g/mol. The van der Waals surface area contributed by atoms with Gasteiger partial charge in [0.1, 0.15) is 0 Å². The zero-order chi connectivity index (χ0) is 17.5. The number of nitrogens with one attached hydrogen (secondary N) is 2. The van der Waals surface area contributed by atoms with Gasteiger partial charge in [-0.2, -0.15) is 0 Å². The molecule has 126 valence electrons. The van der Waals surface area contributed by atoms with Crippen LogP contribution in [0.1, 0.15) is 19.4 Å². The maximum atomic E-state index is 12.4. The number of hydrogen-bond acceptors (Lipinski definition) is 2. The van der Waals surface area contributed by atoms with Gasteiger partial charge >= 0.3 is 6.03 Å². The predicted octanol–water partition coefficient (Wildman–Crippen LogP) is 4.35. The van der Waals surface area contributed by atoms with Gasteiger partial charge in [-0.15, -0.1) is 0 Å². The van der Waals surface area contributed by atoms with E-state index in [1.807, 2.05) is 37.3 Å². The molecular formula is C18H20ClN3O2. The second-order valence-corrected chi connectivity index (χ2v) is 5.71. The lowest BCUT2D eigenvalue weighted by molar-refractivity contribution is -0.114. The molecule has 0 radical (unpaired) electrons. The molecule has 0 aliphatic carbocycles. The molecule has 2 rings (SSSR count). The largest absolute Gasteiger partial charge is 0.325 e. The molecule has 2 aromatic rings. The summed E-state index contributed by atoms with van der Waals surface area (Å²) in [5.41, 5.74) is 2.15. The Kier molecular flexibility index (Phi) is 6.21. The van der Waals surface area contributed by atoms with Crippen LogP contribution in [0, 0.1) is 0 Å². The molecule has 0 bridgehead atoms. The lowest BCUT2D eigenvalue weighted by atomic mass is 10.2. The van der Waals surface area contributed by atoms with E-state index in [0.29, 0.717) is 29.5 Å². The molecule has 0 saturated heterocycles. The van der Waals surface area contributed by atoms with Crippen molar-refractivity contribution in [1.29, 1.82) is 0 Å². The number of rotatable bonds is 5. The summed E-state index contributed by atoms with van der Waals surface area (Å²) in [6.45, 7) is 4.45. The topological polar surface area (TPSA) is 61.4 Å². The summed E-state index contributed by atoms with van der Waals surface area (Å²) in [6, 6.07) is 14.6. The van der Waals surface area contributed by atoms with E-state index in [2.05, 4.69) is 10.6 Å². The SMILES string of the molecule is CCN(Cc1ccccc1)C(=O)Nc1ccc(NC(C)=O)c(Cl)c1. The first-order valence-corrected chi connectivity index (χ1v) is 8.04. The van der Waals surface area contributed by atoms with Gasteiger partial charge in [-0.3, -0.25) is 4.79 Å². The number of urea groups is 1. The maximum Gasteiger partial charge on any atom is 0.322 e. The van der Waals surface area contributed by atoms with E-state index in [1.165, 1.54) is 6.92 Å². The molecule has 2 aromatic carbocycles. The summed E-state index contributed by atoms with van der Waals surface area (Å²) in [6.07, 6.45) is 0. The van der Waals surface area contributed by atoms with Crippen LogP contribution in [-0.2, 0) is 11.3 Å². The number of amides is 3. The highest BCUT2D eigenvalue weighted by Gasteiger charge is 2.13. The summed E-state index contributed by atoms with van der Waals surface area (Å²) in [5.74, 6) is -0.200. The summed E-state index contributed by atoms with van der Waals surface area (Å²) in [5, 5.41) is 5.82. The number of benzene rings is 2. The zero-order valence-electron chi connectivity index (χ0n) is 13.7. The van der Waals surface area contributed by atoms with Crippen LogP contribution in [0.2, 0.25) is 5.02 Å². The van der Waals surface area contributed by atoms with E-state index in [-0.39, 0.29) is 11.9 Å². The Hall–Kier alpha value is -2.53. The van der Waals surface area contributed by atoms with Gasteiger partial charge < -0.3 is 15.5 Å². The minimum atomic E-state index is -0.204. The van der Waals surface area contributed by atoms with E-state index >= 15 is 0 Å². The number of carbonyl (C=O) groups is 2. The number of anilines is 2. The van der Waals surface area contributed by atoms with Gasteiger partial charge in [0, 0.05) is 25.7 Å². The van der Waals surface area contributed by atoms with Gasteiger partial charge in [0.15, 0.2) is 0 Å². The Labute approximate surface area is 146 Å². The fourth-order valence-corrected chi connectivity index (χ4v) is 2.45. The van der Waals surface area contributed by atoms with Gasteiger partial charge in [0.2, 0.25) is 5.91 Å². The molecule has 0 spiro atoms. The Morgan fingerprint density at radius 3 is 2.38 bits per heavy atom. The van der Waals surface area contributed by atoms with Crippen LogP contribution in [0.25, 0.3) is 0 Å². The first-order chi connectivity index (χ1) is 11.5. The molecule has 0 aliphatic rings. The average molecular weight is 346 g/mol. The highest BCUT2D eigenvalue weighted by molar-refractivity contribution is 6.34. The minimum absolute atomic E-state index is 0.200. The molecule has 0 aromatic heterocycles. The van der Waals surface area contributed by atoms with Crippen molar-refractivity contribution >= 4 is 34.9 Å². The first kappa shape index (κ1) is 17.8. The highest BCUT2D eigenvalue weighted by atomic mass is 35.5. The normalized spacial score (nSPS) is 10.1. The number of hydrogen-bond donors (Lipinski definition) is 2. The van der Waals surface area contributed by atoms with Gasteiger partial charge in [-0.25, -0.2) is 4.79 Å². The second kappa shape index (κ2) is 8.36. The third-order valence-corrected chi connectivity index (χ3v) is 3.73. The smallest absolute Gasteiger partial charge is 0.322 e. The van der Waals surface area contributed by atoms with Gasteiger partial charge in [-0.1, -0.05) is 41.9 Å². The van der Waals surface area contributed by atoms with Crippen molar-refractivity contribution in [1.82, 2.24) is 4.90 Å². The lowest BCUT2D eigenvalue weighted by Crippen LogP contribution is -2.34. The van der Waals surface area contributed by atoms with Crippen molar-refractivity contribution in [3.63, 3.8) is 0 Å². The molecule has 2 N–H and O–H groups in total. The van der Waals surface area contributed by atoms with E-state index in [4.69, 9.17) is 11.6 Å². The molecule has 0 aliphatic heterocycles. The highest BCUT2D eigenvalue weighted by Crippen LogP contribution is 2.25. The quantitative estimate of drug-likeness (QED) is 0.846. The third-order valence-electron chi connectivity index (χ3n) is 3.42. The summed E-state index contributed by atoms with van der Waals surface area (Å²) in [7, 11) is 0. The van der Waals surface area contributed by atoms with Crippen LogP contribution in [0.15, 0.2) is 48.5 Å². The fourth-order valence-electron chi connectivity index (χ4n) is 2.22. The Bertz CT molecular complexity index is 719. The lowest BCUT2D eigenvalue weighted by Gasteiger charge is -2.21. The molecule has 0 unspecified atom stereocenters. The second-order valence-electron chi connectivity index (χ2n) is 5.31. The predicted molar refractivity (Wildman–Crippen MR) is 97.3 cm³/mol. The number of halogens is 1. The molecule has 0 fully saturated rings. The zero-order valence-corrected chi connectivity index (χ0v) is 14.4. The Morgan fingerprint density at radius 1 is 1.08 bits per heavy atom. The van der Waals surface area contributed by atoms with Gasteiger partial charge in [0.05, 0.1) is 10.7 Å². The molecule has 0 atom stereocenters. The summed E-state index contributed by atoms with van der Waals surface area (Å²) >= 11 is 6.12. The Balaban J connectivity index is 2.04. The van der Waals surface area contributed by atoms with E-state index in [0.717, 1.165) is 5.56 Å². The van der Waals surface area contributed by atoms with Crippen LogP contribution >= 0.6 is 11.6 Å². The summed E-state index contributed by atoms with van der Waals surface area (Å²) < 4.78 is 0. The van der Waals surface area contributed by atoms with Crippen LogP contribution in [0.3, 0.4) is 0 Å². The standard InChI is InChI=1S/C18H20ClN3O2/c1-3-22(12-14-7-5-4-6-8-14)18(24)21-15-9-10-17(16(19)11-15)20-13(2)23/h4-11H,3,12H2,1-2H3,(H,20,23)(H,21,24). The van der Waals surface area contributed by atoms with Crippen molar-refractivity contribution < 1.29 is 9.59 Å². The summed E-state index contributed by atoms with van der Waals surface area (Å²) in [4.78, 5) is 25.2. The Morgan fingerprint density at radius 2 is 1.79 bits per heavy atom. The molecule has 24 heavy (non-hydrogen) atoms. The number of carbonyl (C=O) groups excluding carboxylic acids is 2.